The second kappa shape index (κ2) is 11.9. The SMILES string of the molecule is C=CC(=O)N1CCC(CCCc2cn3c(n2)c(-c2c(Cl)c(OC)cc(OC)c2Cl)cc2cnc(NC)cc23)CC1. The van der Waals surface area contributed by atoms with Gasteiger partial charge in [-0.25, -0.2) is 9.97 Å². The number of carbonyl (C=O) groups excluding carboxylic acids is 1. The minimum atomic E-state index is 0.0247. The Balaban J connectivity index is 1.50. The first-order valence-electron chi connectivity index (χ1n) is 13.4. The van der Waals surface area contributed by atoms with Gasteiger partial charge in [-0.2, -0.15) is 0 Å². The van der Waals surface area contributed by atoms with Crippen LogP contribution in [0.5, 0.6) is 11.5 Å². The van der Waals surface area contributed by atoms with Crippen molar-refractivity contribution in [3.63, 3.8) is 0 Å². The first kappa shape index (κ1) is 28.1. The number of piperidine rings is 1. The number of carbonyl (C=O) groups is 1. The van der Waals surface area contributed by atoms with Crippen molar-refractivity contribution in [3.8, 4) is 22.6 Å². The van der Waals surface area contributed by atoms with E-state index in [-0.39, 0.29) is 5.91 Å². The largest absolute Gasteiger partial charge is 0.495 e. The molecular formula is C30H33Cl2N5O3. The van der Waals surface area contributed by atoms with Gasteiger partial charge in [-0.3, -0.25) is 9.20 Å². The number of hydrogen-bond donors (Lipinski definition) is 1. The molecule has 4 heterocycles. The number of anilines is 1. The van der Waals surface area contributed by atoms with Gasteiger partial charge >= 0.3 is 0 Å². The summed E-state index contributed by atoms with van der Waals surface area (Å²) < 4.78 is 13.1. The van der Waals surface area contributed by atoms with Gasteiger partial charge in [0.25, 0.3) is 0 Å². The summed E-state index contributed by atoms with van der Waals surface area (Å²) in [6.45, 7) is 5.20. The fraction of sp³-hybridized carbons (Fsp3) is 0.367. The molecule has 10 heteroatoms. The lowest BCUT2D eigenvalue weighted by atomic mass is 9.91. The van der Waals surface area contributed by atoms with Crippen LogP contribution in [0.3, 0.4) is 0 Å². The van der Waals surface area contributed by atoms with Crippen molar-refractivity contribution >= 4 is 51.5 Å². The van der Waals surface area contributed by atoms with Crippen molar-refractivity contribution in [3.05, 3.63) is 59.0 Å². The molecule has 1 fully saturated rings. The van der Waals surface area contributed by atoms with Crippen molar-refractivity contribution in [1.29, 1.82) is 0 Å². The van der Waals surface area contributed by atoms with Crippen LogP contribution < -0.4 is 14.8 Å². The van der Waals surface area contributed by atoms with Crippen LogP contribution in [0.4, 0.5) is 5.82 Å². The molecule has 1 saturated heterocycles. The molecule has 1 aliphatic heterocycles. The summed E-state index contributed by atoms with van der Waals surface area (Å²) in [5, 5.41) is 4.81. The number of rotatable bonds is 9. The number of hydrogen-bond acceptors (Lipinski definition) is 6. The molecule has 5 rings (SSSR count). The fourth-order valence-electron chi connectivity index (χ4n) is 5.50. The number of halogens is 2. The van der Waals surface area contributed by atoms with Crippen molar-refractivity contribution in [2.75, 3.05) is 39.7 Å². The van der Waals surface area contributed by atoms with E-state index >= 15 is 0 Å². The number of pyridine rings is 2. The fourth-order valence-corrected chi connectivity index (χ4v) is 6.21. The number of nitrogens with one attached hydrogen (secondary N) is 1. The van der Waals surface area contributed by atoms with E-state index in [0.717, 1.165) is 78.8 Å². The molecule has 40 heavy (non-hydrogen) atoms. The Labute approximate surface area is 243 Å². The summed E-state index contributed by atoms with van der Waals surface area (Å²) in [5.74, 6) is 2.32. The zero-order valence-corrected chi connectivity index (χ0v) is 24.5. The van der Waals surface area contributed by atoms with E-state index < -0.39 is 0 Å². The van der Waals surface area contributed by atoms with Gasteiger partial charge in [-0.15, -0.1) is 0 Å². The molecule has 1 aromatic carbocycles. The average molecular weight is 583 g/mol. The van der Waals surface area contributed by atoms with Crippen molar-refractivity contribution in [2.24, 2.45) is 5.92 Å². The Morgan fingerprint density at radius 2 is 1.85 bits per heavy atom. The van der Waals surface area contributed by atoms with E-state index in [1.54, 1.807) is 20.3 Å². The minimum absolute atomic E-state index is 0.0247. The Hall–Kier alpha value is -3.49. The molecule has 4 aromatic rings. The van der Waals surface area contributed by atoms with E-state index in [0.29, 0.717) is 33.0 Å². The molecule has 8 nitrogen and oxygen atoms in total. The summed E-state index contributed by atoms with van der Waals surface area (Å²) in [4.78, 5) is 23.4. The van der Waals surface area contributed by atoms with E-state index in [4.69, 9.17) is 37.7 Å². The molecule has 1 aliphatic rings. The van der Waals surface area contributed by atoms with Gasteiger partial charge in [0, 0.05) is 61.2 Å². The van der Waals surface area contributed by atoms with Gasteiger partial charge < -0.3 is 19.7 Å². The van der Waals surface area contributed by atoms with E-state index in [2.05, 4.69) is 27.5 Å². The number of ether oxygens (including phenoxy) is 2. The molecule has 0 radical (unpaired) electrons. The number of aromatic nitrogens is 3. The lowest BCUT2D eigenvalue weighted by Crippen LogP contribution is -2.37. The maximum Gasteiger partial charge on any atom is 0.245 e. The predicted octanol–water partition coefficient (Wildman–Crippen LogP) is 6.66. The number of benzene rings is 1. The van der Waals surface area contributed by atoms with Crippen LogP contribution >= 0.6 is 23.2 Å². The van der Waals surface area contributed by atoms with Crippen LogP contribution in [0, 0.1) is 5.92 Å². The molecular weight excluding hydrogens is 549 g/mol. The number of fused-ring (bicyclic) bond motifs is 3. The molecule has 0 bridgehead atoms. The lowest BCUT2D eigenvalue weighted by molar-refractivity contribution is -0.127. The van der Waals surface area contributed by atoms with Gasteiger partial charge in [0.15, 0.2) is 0 Å². The zero-order chi connectivity index (χ0) is 28.4. The highest BCUT2D eigenvalue weighted by Crippen LogP contribution is 2.47. The van der Waals surface area contributed by atoms with Gasteiger partial charge in [-0.05, 0) is 50.2 Å². The molecule has 0 unspecified atom stereocenters. The maximum absolute atomic E-state index is 11.9. The summed E-state index contributed by atoms with van der Waals surface area (Å²) in [6.07, 6.45) is 10.3. The zero-order valence-electron chi connectivity index (χ0n) is 23.0. The highest BCUT2D eigenvalue weighted by molar-refractivity contribution is 6.41. The third kappa shape index (κ3) is 5.30. The van der Waals surface area contributed by atoms with Gasteiger partial charge in [0.05, 0.1) is 35.5 Å². The quantitative estimate of drug-likeness (QED) is 0.222. The van der Waals surface area contributed by atoms with Crippen LogP contribution in [0.25, 0.3) is 27.7 Å². The number of likely N-dealkylation sites (tertiary alicyclic amines) is 1. The van der Waals surface area contributed by atoms with Crippen LogP contribution in [0.2, 0.25) is 10.0 Å². The second-order valence-corrected chi connectivity index (χ2v) is 10.8. The maximum atomic E-state index is 11.9. The summed E-state index contributed by atoms with van der Waals surface area (Å²) in [7, 11) is 4.97. The van der Waals surface area contributed by atoms with Crippen LogP contribution in [-0.2, 0) is 11.2 Å². The van der Waals surface area contributed by atoms with Gasteiger partial charge in [0.1, 0.15) is 23.0 Å². The smallest absolute Gasteiger partial charge is 0.245 e. The molecule has 1 amide bonds. The van der Waals surface area contributed by atoms with E-state index in [1.165, 1.54) is 6.08 Å². The molecule has 210 valence electrons. The normalized spacial score (nSPS) is 14.1. The topological polar surface area (TPSA) is 81.0 Å². The standard InChI is InChI=1S/C30H33Cl2N5O3/c1-5-26(38)36-11-9-18(10-12-36)7-6-8-20-17-37-22-14-25(33-2)34-16-19(22)13-21(30(37)35-20)27-28(31)23(39-3)15-24(40-4)29(27)32/h5,13-18H,1,6-12H2,2-4H3,(H,33,34). The summed E-state index contributed by atoms with van der Waals surface area (Å²) in [5.41, 5.74) is 4.06. The predicted molar refractivity (Wildman–Crippen MR) is 161 cm³/mol. The molecule has 0 atom stereocenters. The van der Waals surface area contributed by atoms with Crippen molar-refractivity contribution < 1.29 is 14.3 Å². The highest BCUT2D eigenvalue weighted by Gasteiger charge is 2.24. The molecule has 1 N–H and O–H groups in total. The van der Waals surface area contributed by atoms with E-state index in [9.17, 15) is 4.79 Å². The molecule has 0 aliphatic carbocycles. The van der Waals surface area contributed by atoms with Crippen molar-refractivity contribution in [2.45, 2.75) is 32.1 Å². The Morgan fingerprint density at radius 3 is 2.48 bits per heavy atom. The van der Waals surface area contributed by atoms with Gasteiger partial charge in [0.2, 0.25) is 5.91 Å². The number of imidazole rings is 1. The van der Waals surface area contributed by atoms with Gasteiger partial charge in [-0.1, -0.05) is 29.8 Å². The summed E-state index contributed by atoms with van der Waals surface area (Å²) in [6, 6.07) is 5.70. The second-order valence-electron chi connectivity index (χ2n) is 10.0. The number of nitrogens with zero attached hydrogens (tertiary/aromatic N) is 4. The van der Waals surface area contributed by atoms with E-state index in [1.807, 2.05) is 30.3 Å². The minimum Gasteiger partial charge on any atom is -0.495 e. The molecule has 0 saturated carbocycles. The molecule has 3 aromatic heterocycles. The first-order valence-corrected chi connectivity index (χ1v) is 14.1. The Bertz CT molecular complexity index is 1550. The van der Waals surface area contributed by atoms with Crippen LogP contribution in [0.15, 0.2) is 43.2 Å². The van der Waals surface area contributed by atoms with Crippen LogP contribution in [0.1, 0.15) is 31.4 Å². The average Bonchev–Trinajstić information content (AvgIpc) is 3.41. The number of amides is 1. The third-order valence-electron chi connectivity index (χ3n) is 7.71. The Morgan fingerprint density at radius 1 is 1.15 bits per heavy atom. The molecule has 0 spiro atoms. The highest BCUT2D eigenvalue weighted by atomic mass is 35.5. The number of methoxy groups -OCH3 is 2. The summed E-state index contributed by atoms with van der Waals surface area (Å²) >= 11 is 13.7. The first-order chi connectivity index (χ1) is 19.4. The Kier molecular flexibility index (Phi) is 8.38. The monoisotopic (exact) mass is 581 g/mol. The van der Waals surface area contributed by atoms with Crippen LogP contribution in [-0.4, -0.2) is 59.5 Å². The third-order valence-corrected chi connectivity index (χ3v) is 8.46. The number of aryl methyl sites for hydroxylation is 1. The lowest BCUT2D eigenvalue weighted by Gasteiger charge is -2.31. The van der Waals surface area contributed by atoms with Crippen molar-refractivity contribution in [1.82, 2.24) is 19.3 Å².